The monoisotopic (exact) mass is 426 g/mol. The average Bonchev–Trinajstić information content (AvgIpc) is 2.79. The van der Waals surface area contributed by atoms with Gasteiger partial charge in [0.15, 0.2) is 0 Å². The van der Waals surface area contributed by atoms with Crippen molar-refractivity contribution in [2.24, 2.45) is 0 Å². The van der Waals surface area contributed by atoms with E-state index in [1.165, 1.54) is 16.7 Å². The van der Waals surface area contributed by atoms with Crippen LogP contribution in [-0.4, -0.2) is 5.60 Å². The number of ether oxygens (including phenoxy) is 3. The maximum Gasteiger partial charge on any atom is 0.134 e. The lowest BCUT2D eigenvalue weighted by atomic mass is 9.92. The second-order valence-electron chi connectivity index (χ2n) is 9.40. The van der Waals surface area contributed by atoms with Crippen LogP contribution in [0.15, 0.2) is 60.7 Å². The van der Waals surface area contributed by atoms with Gasteiger partial charge in [0.25, 0.3) is 0 Å². The van der Waals surface area contributed by atoms with Crippen molar-refractivity contribution in [2.45, 2.75) is 58.8 Å². The van der Waals surface area contributed by atoms with Crippen LogP contribution in [0.25, 0.3) is 6.08 Å². The second kappa shape index (κ2) is 8.05. The summed E-state index contributed by atoms with van der Waals surface area (Å²) < 4.78 is 19.2. The first kappa shape index (κ1) is 20.7. The fraction of sp³-hybridized carbons (Fsp3) is 0.310. The fourth-order valence-corrected chi connectivity index (χ4v) is 4.44. The minimum Gasteiger partial charge on any atom is -0.488 e. The van der Waals surface area contributed by atoms with E-state index in [0.717, 1.165) is 46.8 Å². The highest BCUT2D eigenvalue weighted by atomic mass is 16.5. The smallest absolute Gasteiger partial charge is 0.134 e. The lowest BCUT2D eigenvalue weighted by molar-refractivity contribution is 0.149. The molecular formula is C29H30O3. The van der Waals surface area contributed by atoms with Crippen molar-refractivity contribution < 1.29 is 14.2 Å². The van der Waals surface area contributed by atoms with Gasteiger partial charge in [-0.1, -0.05) is 36.4 Å². The molecule has 0 amide bonds. The van der Waals surface area contributed by atoms with Gasteiger partial charge < -0.3 is 14.2 Å². The molecule has 5 rings (SSSR count). The number of hydrogen-bond donors (Lipinski definition) is 0. The molecule has 1 unspecified atom stereocenters. The van der Waals surface area contributed by atoms with E-state index in [9.17, 15) is 0 Å². The van der Waals surface area contributed by atoms with Crippen LogP contribution in [0.1, 0.15) is 59.8 Å². The third-order valence-electron chi connectivity index (χ3n) is 6.41. The summed E-state index contributed by atoms with van der Waals surface area (Å²) in [5.41, 5.74) is 6.73. The normalized spacial score (nSPS) is 18.2. The number of hydrogen-bond acceptors (Lipinski definition) is 3. The van der Waals surface area contributed by atoms with Crippen molar-refractivity contribution in [1.29, 1.82) is 0 Å². The summed E-state index contributed by atoms with van der Waals surface area (Å²) in [5.74, 6) is 2.73. The largest absolute Gasteiger partial charge is 0.488 e. The summed E-state index contributed by atoms with van der Waals surface area (Å²) in [6.07, 6.45) is 6.09. The summed E-state index contributed by atoms with van der Waals surface area (Å²) >= 11 is 0. The summed E-state index contributed by atoms with van der Waals surface area (Å²) in [6, 6.07) is 18.9. The molecule has 2 aliphatic rings. The third-order valence-corrected chi connectivity index (χ3v) is 6.41. The van der Waals surface area contributed by atoms with Crippen molar-refractivity contribution in [2.75, 3.05) is 0 Å². The summed E-state index contributed by atoms with van der Waals surface area (Å²) in [5, 5.41) is 0. The molecule has 3 heteroatoms. The van der Waals surface area contributed by atoms with E-state index in [4.69, 9.17) is 14.2 Å². The van der Waals surface area contributed by atoms with Gasteiger partial charge in [-0.05, 0) is 93.1 Å². The van der Waals surface area contributed by atoms with Crippen LogP contribution in [0.5, 0.6) is 17.2 Å². The molecule has 3 aromatic rings. The van der Waals surface area contributed by atoms with Gasteiger partial charge in [-0.25, -0.2) is 0 Å². The molecule has 1 atom stereocenters. The van der Waals surface area contributed by atoms with E-state index >= 15 is 0 Å². The number of fused-ring (bicyclic) bond motifs is 3. The molecule has 2 heterocycles. The zero-order chi connectivity index (χ0) is 22.3. The third kappa shape index (κ3) is 4.00. The minimum atomic E-state index is -0.304. The van der Waals surface area contributed by atoms with Gasteiger partial charge in [-0.3, -0.25) is 0 Å². The Labute approximate surface area is 190 Å². The van der Waals surface area contributed by atoms with E-state index < -0.39 is 0 Å². The van der Waals surface area contributed by atoms with Crippen molar-refractivity contribution in [1.82, 2.24) is 0 Å². The van der Waals surface area contributed by atoms with Crippen molar-refractivity contribution in [3.8, 4) is 17.2 Å². The minimum absolute atomic E-state index is 0.0533. The van der Waals surface area contributed by atoms with Crippen molar-refractivity contribution >= 4 is 6.08 Å². The van der Waals surface area contributed by atoms with E-state index in [-0.39, 0.29) is 11.7 Å². The molecule has 0 aromatic heterocycles. The van der Waals surface area contributed by atoms with Gasteiger partial charge in [0, 0.05) is 5.56 Å². The van der Waals surface area contributed by atoms with Crippen LogP contribution < -0.4 is 14.2 Å². The Kier molecular flexibility index (Phi) is 5.21. The molecule has 0 radical (unpaired) electrons. The molecule has 0 aliphatic carbocycles. The lowest BCUT2D eigenvalue weighted by Gasteiger charge is -2.33. The Hall–Kier alpha value is -3.20. The molecule has 0 N–H and O–H groups in total. The zero-order valence-electron chi connectivity index (χ0n) is 19.3. The standard InChI is InChI=1S/C29H30O3/c1-19-16-24(27(17-20(19)2)30-18-21-8-6-5-7-9-21)25-12-10-22-11-13-26-23(28(22)31-25)14-15-29(3,4)32-26/h5-9,11,13-17,25H,10,12,18H2,1-4H3. The van der Waals surface area contributed by atoms with Crippen molar-refractivity contribution in [3.05, 3.63) is 94.1 Å². The lowest BCUT2D eigenvalue weighted by Crippen LogP contribution is -2.28. The Morgan fingerprint density at radius 2 is 1.78 bits per heavy atom. The van der Waals surface area contributed by atoms with Crippen LogP contribution in [0.3, 0.4) is 0 Å². The molecule has 3 aromatic carbocycles. The first-order valence-corrected chi connectivity index (χ1v) is 11.4. The van der Waals surface area contributed by atoms with E-state index in [0.29, 0.717) is 6.61 Å². The van der Waals surface area contributed by atoms with Crippen LogP contribution in [0, 0.1) is 13.8 Å². The maximum atomic E-state index is 6.66. The molecule has 0 saturated heterocycles. The molecule has 2 aliphatic heterocycles. The predicted molar refractivity (Wildman–Crippen MR) is 129 cm³/mol. The van der Waals surface area contributed by atoms with E-state index in [2.05, 4.69) is 76.2 Å². The number of benzene rings is 3. The molecule has 32 heavy (non-hydrogen) atoms. The highest BCUT2D eigenvalue weighted by Gasteiger charge is 2.30. The molecule has 0 spiro atoms. The molecule has 164 valence electrons. The molecule has 3 nitrogen and oxygen atoms in total. The van der Waals surface area contributed by atoms with Gasteiger partial charge >= 0.3 is 0 Å². The van der Waals surface area contributed by atoms with Crippen LogP contribution in [0.2, 0.25) is 0 Å². The first-order chi connectivity index (χ1) is 15.4. The molecule has 0 fully saturated rings. The van der Waals surface area contributed by atoms with Gasteiger partial charge in [0.1, 0.15) is 35.6 Å². The van der Waals surface area contributed by atoms with Gasteiger partial charge in [0.05, 0.1) is 5.56 Å². The van der Waals surface area contributed by atoms with Crippen LogP contribution in [0.4, 0.5) is 0 Å². The second-order valence-corrected chi connectivity index (χ2v) is 9.40. The molecule has 0 saturated carbocycles. The summed E-state index contributed by atoms with van der Waals surface area (Å²) in [7, 11) is 0. The highest BCUT2D eigenvalue weighted by Crippen LogP contribution is 2.46. The molecule has 0 bridgehead atoms. The van der Waals surface area contributed by atoms with E-state index in [1.54, 1.807) is 0 Å². The summed E-state index contributed by atoms with van der Waals surface area (Å²) in [4.78, 5) is 0. The quantitative estimate of drug-likeness (QED) is 0.444. The predicted octanol–water partition coefficient (Wildman–Crippen LogP) is 7.13. The topological polar surface area (TPSA) is 27.7 Å². The Morgan fingerprint density at radius 1 is 1.00 bits per heavy atom. The number of aryl methyl sites for hydroxylation is 3. The Morgan fingerprint density at radius 3 is 2.59 bits per heavy atom. The van der Waals surface area contributed by atoms with E-state index in [1.807, 2.05) is 18.2 Å². The fourth-order valence-electron chi connectivity index (χ4n) is 4.44. The SMILES string of the molecule is Cc1cc(OCc2ccccc2)c(C2CCc3ccc4c(c3O2)C=CC(C)(C)O4)cc1C. The van der Waals surface area contributed by atoms with Crippen molar-refractivity contribution in [3.63, 3.8) is 0 Å². The molecular weight excluding hydrogens is 396 g/mol. The Bertz CT molecular complexity index is 1170. The van der Waals surface area contributed by atoms with Gasteiger partial charge in [0.2, 0.25) is 0 Å². The Balaban J connectivity index is 1.47. The average molecular weight is 427 g/mol. The number of rotatable bonds is 4. The van der Waals surface area contributed by atoms with Gasteiger partial charge in [-0.2, -0.15) is 0 Å². The zero-order valence-corrected chi connectivity index (χ0v) is 19.3. The van der Waals surface area contributed by atoms with Gasteiger partial charge in [-0.15, -0.1) is 0 Å². The van der Waals surface area contributed by atoms with Crippen LogP contribution >= 0.6 is 0 Å². The maximum absolute atomic E-state index is 6.66. The summed E-state index contributed by atoms with van der Waals surface area (Å²) in [6.45, 7) is 8.96. The first-order valence-electron chi connectivity index (χ1n) is 11.4. The van der Waals surface area contributed by atoms with Crippen LogP contribution in [-0.2, 0) is 13.0 Å². The highest BCUT2D eigenvalue weighted by molar-refractivity contribution is 5.69.